The highest BCUT2D eigenvalue weighted by atomic mass is 16.5. The maximum absolute atomic E-state index is 12.0. The SMILES string of the molecule is C=CC(=O)Nc1cc(Nc2nccc(-n3cc(CN(C)C)c(-c4ccccc4)n3)n2)c(OC)cc1N(C)C. The number of carbonyl (C=O) groups is 1. The Kier molecular flexibility index (Phi) is 8.03. The van der Waals surface area contributed by atoms with E-state index in [0.717, 1.165) is 29.1 Å². The van der Waals surface area contributed by atoms with Crippen LogP contribution >= 0.6 is 0 Å². The number of carbonyl (C=O) groups excluding carboxylic acids is 1. The molecule has 0 atom stereocenters. The molecule has 2 aromatic heterocycles. The molecule has 0 saturated carbocycles. The van der Waals surface area contributed by atoms with Gasteiger partial charge in [-0.05, 0) is 26.2 Å². The largest absolute Gasteiger partial charge is 0.494 e. The zero-order valence-electron chi connectivity index (χ0n) is 22.3. The Hall–Kier alpha value is -4.70. The smallest absolute Gasteiger partial charge is 0.247 e. The number of hydrogen-bond acceptors (Lipinski definition) is 8. The van der Waals surface area contributed by atoms with Crippen LogP contribution in [0.3, 0.4) is 0 Å². The summed E-state index contributed by atoms with van der Waals surface area (Å²) in [6, 6.07) is 15.5. The number of nitrogens with one attached hydrogen (secondary N) is 2. The fourth-order valence-electron chi connectivity index (χ4n) is 3.97. The van der Waals surface area contributed by atoms with Crippen molar-refractivity contribution in [3.8, 4) is 22.8 Å². The fourth-order valence-corrected chi connectivity index (χ4v) is 3.97. The predicted molar refractivity (Wildman–Crippen MR) is 151 cm³/mol. The van der Waals surface area contributed by atoms with Crippen LogP contribution in [0.5, 0.6) is 5.75 Å². The fraction of sp³-hybridized carbons (Fsp3) is 0.214. The number of benzene rings is 2. The zero-order valence-corrected chi connectivity index (χ0v) is 22.3. The highest BCUT2D eigenvalue weighted by molar-refractivity contribution is 6.02. The standard InChI is InChI=1S/C28H32N8O2/c1-7-26(37)30-21-15-22(24(38-6)16-23(21)35(4)5)31-28-29-14-13-25(32-28)36-18-20(17-34(2)3)27(33-36)19-11-9-8-10-12-19/h7-16,18H,1,17H2,2-6H3,(H,30,37)(H,29,31,32). The second kappa shape index (κ2) is 11.6. The average Bonchev–Trinajstić information content (AvgIpc) is 3.32. The van der Waals surface area contributed by atoms with Crippen LogP contribution in [-0.2, 0) is 11.3 Å². The quantitative estimate of drug-likeness (QED) is 0.303. The molecule has 38 heavy (non-hydrogen) atoms. The molecule has 0 unspecified atom stereocenters. The molecular formula is C28H32N8O2. The molecule has 4 aromatic rings. The van der Waals surface area contributed by atoms with Crippen molar-refractivity contribution in [3.05, 3.63) is 79.1 Å². The molecule has 10 heteroatoms. The number of ether oxygens (including phenoxy) is 1. The van der Waals surface area contributed by atoms with Gasteiger partial charge in [-0.1, -0.05) is 36.9 Å². The van der Waals surface area contributed by atoms with Crippen molar-refractivity contribution in [1.82, 2.24) is 24.6 Å². The van der Waals surface area contributed by atoms with Crippen molar-refractivity contribution in [2.75, 3.05) is 50.8 Å². The summed E-state index contributed by atoms with van der Waals surface area (Å²) in [5, 5.41) is 10.9. The van der Waals surface area contributed by atoms with Gasteiger partial charge in [0, 0.05) is 56.3 Å². The van der Waals surface area contributed by atoms with E-state index in [0.29, 0.717) is 28.9 Å². The van der Waals surface area contributed by atoms with Gasteiger partial charge >= 0.3 is 0 Å². The van der Waals surface area contributed by atoms with Crippen LogP contribution in [0.1, 0.15) is 5.56 Å². The predicted octanol–water partition coefficient (Wildman–Crippen LogP) is 4.33. The van der Waals surface area contributed by atoms with Gasteiger partial charge < -0.3 is 25.2 Å². The third kappa shape index (κ3) is 5.98. The first kappa shape index (κ1) is 26.4. The molecule has 4 rings (SSSR count). The molecule has 10 nitrogen and oxygen atoms in total. The van der Waals surface area contributed by atoms with E-state index in [2.05, 4.69) is 27.1 Å². The van der Waals surface area contributed by atoms with Gasteiger partial charge in [-0.2, -0.15) is 10.1 Å². The molecular weight excluding hydrogens is 480 g/mol. The van der Waals surface area contributed by atoms with E-state index in [1.54, 1.807) is 30.1 Å². The lowest BCUT2D eigenvalue weighted by molar-refractivity contribution is -0.111. The van der Waals surface area contributed by atoms with E-state index >= 15 is 0 Å². The van der Waals surface area contributed by atoms with E-state index in [1.165, 1.54) is 6.08 Å². The van der Waals surface area contributed by atoms with Crippen molar-refractivity contribution in [2.24, 2.45) is 0 Å². The Labute approximate surface area is 222 Å². The van der Waals surface area contributed by atoms with Gasteiger partial charge in [-0.25, -0.2) is 9.67 Å². The van der Waals surface area contributed by atoms with Crippen LogP contribution in [0.15, 0.2) is 73.6 Å². The molecule has 0 saturated heterocycles. The van der Waals surface area contributed by atoms with Crippen molar-refractivity contribution in [2.45, 2.75) is 6.54 Å². The third-order valence-corrected chi connectivity index (χ3v) is 5.69. The van der Waals surface area contributed by atoms with Crippen LogP contribution in [0.4, 0.5) is 23.0 Å². The molecule has 2 aromatic carbocycles. The van der Waals surface area contributed by atoms with E-state index in [9.17, 15) is 4.79 Å². The number of nitrogens with zero attached hydrogens (tertiary/aromatic N) is 6. The Morgan fingerprint density at radius 1 is 1.11 bits per heavy atom. The second-order valence-corrected chi connectivity index (χ2v) is 9.07. The van der Waals surface area contributed by atoms with Crippen molar-refractivity contribution in [3.63, 3.8) is 0 Å². The summed E-state index contributed by atoms with van der Waals surface area (Å²) in [7, 11) is 9.41. The molecule has 0 aliphatic rings. The molecule has 0 bridgehead atoms. The number of rotatable bonds is 10. The lowest BCUT2D eigenvalue weighted by Crippen LogP contribution is -2.15. The molecule has 0 radical (unpaired) electrons. The molecule has 0 spiro atoms. The molecule has 2 heterocycles. The molecule has 0 fully saturated rings. The molecule has 0 aliphatic carbocycles. The van der Waals surface area contributed by atoms with Gasteiger partial charge in [0.15, 0.2) is 5.82 Å². The summed E-state index contributed by atoms with van der Waals surface area (Å²) in [5.41, 5.74) is 4.97. The summed E-state index contributed by atoms with van der Waals surface area (Å²) >= 11 is 0. The monoisotopic (exact) mass is 512 g/mol. The number of hydrogen-bond donors (Lipinski definition) is 2. The van der Waals surface area contributed by atoms with Crippen LogP contribution in [0.25, 0.3) is 17.1 Å². The topological polar surface area (TPSA) is 100 Å². The first-order valence-corrected chi connectivity index (χ1v) is 12.0. The molecule has 1 amide bonds. The van der Waals surface area contributed by atoms with Gasteiger partial charge in [0.05, 0.1) is 29.9 Å². The van der Waals surface area contributed by atoms with Crippen molar-refractivity contribution < 1.29 is 9.53 Å². The Bertz CT molecular complexity index is 1430. The van der Waals surface area contributed by atoms with E-state index in [4.69, 9.17) is 14.8 Å². The lowest BCUT2D eigenvalue weighted by Gasteiger charge is -2.21. The number of amides is 1. The Balaban J connectivity index is 1.70. The Morgan fingerprint density at radius 2 is 1.87 bits per heavy atom. The first-order chi connectivity index (χ1) is 18.3. The number of aromatic nitrogens is 4. The minimum absolute atomic E-state index is 0.316. The van der Waals surface area contributed by atoms with Gasteiger partial charge in [-0.15, -0.1) is 0 Å². The van der Waals surface area contributed by atoms with Crippen LogP contribution in [-0.4, -0.2) is 65.9 Å². The van der Waals surface area contributed by atoms with E-state index < -0.39 is 0 Å². The Morgan fingerprint density at radius 3 is 2.53 bits per heavy atom. The maximum atomic E-state index is 12.0. The molecule has 2 N–H and O–H groups in total. The maximum Gasteiger partial charge on any atom is 0.247 e. The second-order valence-electron chi connectivity index (χ2n) is 9.07. The summed E-state index contributed by atoms with van der Waals surface area (Å²) in [6.07, 6.45) is 4.88. The van der Waals surface area contributed by atoms with Crippen molar-refractivity contribution >= 4 is 28.9 Å². The highest BCUT2D eigenvalue weighted by Crippen LogP contribution is 2.37. The summed E-state index contributed by atoms with van der Waals surface area (Å²) < 4.78 is 7.37. The first-order valence-electron chi connectivity index (χ1n) is 12.0. The highest BCUT2D eigenvalue weighted by Gasteiger charge is 2.17. The lowest BCUT2D eigenvalue weighted by atomic mass is 10.1. The average molecular weight is 513 g/mol. The van der Waals surface area contributed by atoms with E-state index in [1.807, 2.05) is 75.7 Å². The minimum Gasteiger partial charge on any atom is -0.494 e. The van der Waals surface area contributed by atoms with Crippen LogP contribution in [0.2, 0.25) is 0 Å². The minimum atomic E-state index is -0.316. The van der Waals surface area contributed by atoms with Gasteiger partial charge in [0.25, 0.3) is 0 Å². The van der Waals surface area contributed by atoms with Gasteiger partial charge in [0.2, 0.25) is 11.9 Å². The summed E-state index contributed by atoms with van der Waals surface area (Å²) in [4.78, 5) is 25.1. The van der Waals surface area contributed by atoms with Crippen LogP contribution < -0.4 is 20.3 Å². The molecule has 196 valence electrons. The normalized spacial score (nSPS) is 10.8. The van der Waals surface area contributed by atoms with Crippen molar-refractivity contribution in [1.29, 1.82) is 0 Å². The third-order valence-electron chi connectivity index (χ3n) is 5.69. The van der Waals surface area contributed by atoms with Crippen LogP contribution in [0, 0.1) is 0 Å². The number of anilines is 4. The molecule has 0 aliphatic heterocycles. The summed E-state index contributed by atoms with van der Waals surface area (Å²) in [6.45, 7) is 4.27. The van der Waals surface area contributed by atoms with Gasteiger partial charge in [-0.3, -0.25) is 4.79 Å². The number of methoxy groups -OCH3 is 1. The van der Waals surface area contributed by atoms with E-state index in [-0.39, 0.29) is 5.91 Å². The summed E-state index contributed by atoms with van der Waals surface area (Å²) in [5.74, 6) is 1.21. The zero-order chi connectivity index (χ0) is 27.2. The van der Waals surface area contributed by atoms with Gasteiger partial charge in [0.1, 0.15) is 5.75 Å².